The average Bonchev–Trinajstić information content (AvgIpc) is 3.35. The number of aromatic nitrogens is 5. The lowest BCUT2D eigenvalue weighted by atomic mass is 10.1. The summed E-state index contributed by atoms with van der Waals surface area (Å²) in [5.41, 5.74) is 0.0750. The lowest BCUT2D eigenvalue weighted by Crippen LogP contribution is -2.47. The summed E-state index contributed by atoms with van der Waals surface area (Å²) in [5, 5.41) is 10.9. The molecule has 1 amide bonds. The van der Waals surface area contributed by atoms with Crippen LogP contribution in [-0.2, 0) is 0 Å². The number of nitrogens with one attached hydrogen (secondary N) is 1. The molecular formula is C18H15ClF3N7O. The van der Waals surface area contributed by atoms with Crippen LogP contribution in [0.4, 0.5) is 19.1 Å². The van der Waals surface area contributed by atoms with Crippen LogP contribution in [-0.4, -0.2) is 60.8 Å². The molecule has 2 aromatic heterocycles. The van der Waals surface area contributed by atoms with Crippen LogP contribution in [0.15, 0.2) is 43.0 Å². The van der Waals surface area contributed by atoms with Gasteiger partial charge in [-0.15, -0.1) is 0 Å². The van der Waals surface area contributed by atoms with E-state index in [1.807, 2.05) is 0 Å². The van der Waals surface area contributed by atoms with E-state index in [1.165, 1.54) is 30.9 Å². The number of benzene rings is 1. The summed E-state index contributed by atoms with van der Waals surface area (Å²) < 4.78 is 43.0. The van der Waals surface area contributed by atoms with E-state index in [0.29, 0.717) is 5.02 Å². The minimum Gasteiger partial charge on any atom is -0.352 e. The van der Waals surface area contributed by atoms with Gasteiger partial charge in [-0.2, -0.15) is 15.0 Å². The maximum atomic E-state index is 14.6. The van der Waals surface area contributed by atoms with Crippen LogP contribution < -0.4 is 5.32 Å². The van der Waals surface area contributed by atoms with Crippen LogP contribution >= 0.6 is 11.6 Å². The van der Waals surface area contributed by atoms with Crippen LogP contribution in [0, 0.1) is 5.82 Å². The fourth-order valence-corrected chi connectivity index (χ4v) is 3.36. The van der Waals surface area contributed by atoms with Gasteiger partial charge in [-0.25, -0.2) is 23.1 Å². The second-order valence-corrected chi connectivity index (χ2v) is 7.05. The number of amides is 1. The highest BCUT2D eigenvalue weighted by Crippen LogP contribution is 2.35. The molecule has 1 fully saturated rings. The third-order valence-electron chi connectivity index (χ3n) is 4.71. The molecule has 1 saturated heterocycles. The molecule has 0 unspecified atom stereocenters. The van der Waals surface area contributed by atoms with Crippen molar-refractivity contribution >= 4 is 23.5 Å². The second kappa shape index (κ2) is 7.90. The topological polar surface area (TPSA) is 88.8 Å². The number of anilines is 1. The third-order valence-corrected chi connectivity index (χ3v) is 4.90. The first kappa shape index (κ1) is 20.1. The molecule has 156 valence electrons. The second-order valence-electron chi connectivity index (χ2n) is 6.61. The van der Waals surface area contributed by atoms with Gasteiger partial charge >= 0.3 is 0 Å². The number of alkyl halides is 2. The van der Waals surface area contributed by atoms with Crippen LogP contribution in [0.25, 0.3) is 5.69 Å². The van der Waals surface area contributed by atoms with Crippen molar-refractivity contribution < 1.29 is 18.0 Å². The van der Waals surface area contributed by atoms with Gasteiger partial charge in [0, 0.05) is 19.5 Å². The zero-order valence-corrected chi connectivity index (χ0v) is 16.1. The Morgan fingerprint density at radius 2 is 1.93 bits per heavy atom. The highest BCUT2D eigenvalue weighted by molar-refractivity contribution is 6.30. The molecule has 1 atom stereocenters. The maximum Gasteiger partial charge on any atom is 0.271 e. The Bertz CT molecular complexity index is 1050. The van der Waals surface area contributed by atoms with Gasteiger partial charge in [-0.1, -0.05) is 11.6 Å². The number of likely N-dealkylation sites (tertiary alicyclic amines) is 1. The monoisotopic (exact) mass is 437 g/mol. The number of carbonyl (C=O) groups excluding carboxylic acids is 1. The fraction of sp³-hybridized carbons (Fsp3) is 0.278. The SMILES string of the molecule is O=C(c1cc(F)ccc1-n1nccn1)N1CCC(F)(F)[C@H]1CNc1ncc(Cl)cn1. The molecule has 30 heavy (non-hydrogen) atoms. The highest BCUT2D eigenvalue weighted by atomic mass is 35.5. The van der Waals surface area contributed by atoms with E-state index in [1.54, 1.807) is 0 Å². The largest absolute Gasteiger partial charge is 0.352 e. The van der Waals surface area contributed by atoms with Crippen LogP contribution in [0.2, 0.25) is 5.02 Å². The van der Waals surface area contributed by atoms with E-state index in [9.17, 15) is 18.0 Å². The first-order valence-electron chi connectivity index (χ1n) is 8.91. The van der Waals surface area contributed by atoms with Crippen LogP contribution in [0.1, 0.15) is 16.8 Å². The summed E-state index contributed by atoms with van der Waals surface area (Å²) in [6, 6.07) is 1.98. The smallest absolute Gasteiger partial charge is 0.271 e. The van der Waals surface area contributed by atoms with Crippen LogP contribution in [0.3, 0.4) is 0 Å². The molecule has 3 aromatic rings. The number of hydrogen-bond donors (Lipinski definition) is 1. The number of nitrogens with zero attached hydrogens (tertiary/aromatic N) is 6. The summed E-state index contributed by atoms with van der Waals surface area (Å²) >= 11 is 5.72. The van der Waals surface area contributed by atoms with Crippen molar-refractivity contribution in [2.45, 2.75) is 18.4 Å². The Morgan fingerprint density at radius 3 is 2.63 bits per heavy atom. The van der Waals surface area contributed by atoms with Crippen molar-refractivity contribution in [1.82, 2.24) is 29.9 Å². The molecule has 0 spiro atoms. The molecule has 1 N–H and O–H groups in total. The first-order valence-corrected chi connectivity index (χ1v) is 9.29. The molecule has 4 rings (SSSR count). The minimum atomic E-state index is -3.15. The Hall–Kier alpha value is -3.21. The Balaban J connectivity index is 1.61. The average molecular weight is 438 g/mol. The van der Waals surface area contributed by atoms with E-state index < -0.39 is 30.1 Å². The summed E-state index contributed by atoms with van der Waals surface area (Å²) in [7, 11) is 0. The summed E-state index contributed by atoms with van der Waals surface area (Å²) in [4.78, 5) is 23.1. The van der Waals surface area contributed by atoms with E-state index in [0.717, 1.165) is 21.8 Å². The molecule has 1 aliphatic rings. The van der Waals surface area contributed by atoms with E-state index in [2.05, 4.69) is 25.5 Å². The normalized spacial score (nSPS) is 17.9. The van der Waals surface area contributed by atoms with Crippen molar-refractivity contribution in [2.24, 2.45) is 0 Å². The predicted molar refractivity (Wildman–Crippen MR) is 101 cm³/mol. The molecule has 0 saturated carbocycles. The molecule has 0 aliphatic carbocycles. The molecule has 0 radical (unpaired) electrons. The lowest BCUT2D eigenvalue weighted by Gasteiger charge is -2.28. The van der Waals surface area contributed by atoms with E-state index in [-0.39, 0.29) is 30.3 Å². The molecule has 8 nitrogen and oxygen atoms in total. The molecule has 0 bridgehead atoms. The Labute approximate surface area is 173 Å². The van der Waals surface area contributed by atoms with Gasteiger partial charge in [0.05, 0.1) is 41.1 Å². The van der Waals surface area contributed by atoms with E-state index >= 15 is 0 Å². The molecular weight excluding hydrogens is 423 g/mol. The van der Waals surface area contributed by atoms with Crippen LogP contribution in [0.5, 0.6) is 0 Å². The van der Waals surface area contributed by atoms with Gasteiger partial charge in [0.2, 0.25) is 5.95 Å². The number of rotatable bonds is 5. The molecule has 12 heteroatoms. The highest BCUT2D eigenvalue weighted by Gasteiger charge is 2.51. The van der Waals surface area contributed by atoms with Gasteiger partial charge in [0.15, 0.2) is 0 Å². The Kier molecular flexibility index (Phi) is 5.29. The quantitative estimate of drug-likeness (QED) is 0.660. The zero-order chi connectivity index (χ0) is 21.3. The van der Waals surface area contributed by atoms with Crippen molar-refractivity contribution in [2.75, 3.05) is 18.4 Å². The maximum absolute atomic E-state index is 14.6. The van der Waals surface area contributed by atoms with Gasteiger partial charge in [0.1, 0.15) is 11.9 Å². The van der Waals surface area contributed by atoms with Crippen molar-refractivity contribution in [3.05, 3.63) is 59.4 Å². The lowest BCUT2D eigenvalue weighted by molar-refractivity contribution is -0.0249. The van der Waals surface area contributed by atoms with Crippen molar-refractivity contribution in [3.63, 3.8) is 0 Å². The van der Waals surface area contributed by atoms with Gasteiger partial charge < -0.3 is 10.2 Å². The third kappa shape index (κ3) is 3.92. The fourth-order valence-electron chi connectivity index (χ4n) is 3.26. The molecule has 3 heterocycles. The summed E-state index contributed by atoms with van der Waals surface area (Å²) in [6.07, 6.45) is 4.91. The molecule has 1 aliphatic heterocycles. The number of halogens is 4. The van der Waals surface area contributed by atoms with E-state index in [4.69, 9.17) is 11.6 Å². The zero-order valence-electron chi connectivity index (χ0n) is 15.3. The van der Waals surface area contributed by atoms with Gasteiger partial charge in [0.25, 0.3) is 11.8 Å². The number of carbonyl (C=O) groups is 1. The molecule has 1 aromatic carbocycles. The first-order chi connectivity index (χ1) is 14.3. The predicted octanol–water partition coefficient (Wildman–Crippen LogP) is 2.81. The number of hydrogen-bond acceptors (Lipinski definition) is 6. The minimum absolute atomic E-state index is 0.0988. The summed E-state index contributed by atoms with van der Waals surface area (Å²) in [6.45, 7) is -0.493. The van der Waals surface area contributed by atoms with Crippen molar-refractivity contribution in [1.29, 1.82) is 0 Å². The van der Waals surface area contributed by atoms with Crippen molar-refractivity contribution in [3.8, 4) is 5.69 Å². The summed E-state index contributed by atoms with van der Waals surface area (Å²) in [5.74, 6) is -4.47. The van der Waals surface area contributed by atoms with Gasteiger partial charge in [-0.05, 0) is 18.2 Å². The Morgan fingerprint density at radius 1 is 1.23 bits per heavy atom. The van der Waals surface area contributed by atoms with Gasteiger partial charge in [-0.3, -0.25) is 4.79 Å². The standard InChI is InChI=1S/C18H15ClF3N7O/c19-11-8-23-17(24-9-11)25-10-15-18(21,22)3-6-28(15)16(30)13-7-12(20)1-2-14(13)29-26-4-5-27-29/h1-2,4-5,7-9,15H,3,6,10H2,(H,23,24,25)/t15-/m1/s1.